The van der Waals surface area contributed by atoms with Crippen LogP contribution in [0.3, 0.4) is 0 Å². The lowest BCUT2D eigenvalue weighted by atomic mass is 10.2. The Balaban J connectivity index is 1.40. The molecule has 0 spiro atoms. The van der Waals surface area contributed by atoms with Crippen molar-refractivity contribution in [2.45, 2.75) is 19.8 Å². The van der Waals surface area contributed by atoms with Crippen molar-refractivity contribution >= 4 is 33.9 Å². The second-order valence-electron chi connectivity index (χ2n) is 9.33. The van der Waals surface area contributed by atoms with Crippen molar-refractivity contribution in [2.24, 2.45) is 0 Å². The number of anilines is 4. The Hall–Kier alpha value is -4.05. The number of nitrogen functional groups attached to an aromatic ring is 1. The summed E-state index contributed by atoms with van der Waals surface area (Å²) in [5.41, 5.74) is 10.6. The number of hydrogen-bond donors (Lipinski definition) is 2. The lowest BCUT2D eigenvalue weighted by molar-refractivity contribution is 0.346. The lowest BCUT2D eigenvalue weighted by Gasteiger charge is -2.25. The largest absolute Gasteiger partial charge is 0.497 e. The van der Waals surface area contributed by atoms with E-state index in [0.29, 0.717) is 28.9 Å². The van der Waals surface area contributed by atoms with Crippen LogP contribution in [0.2, 0.25) is 0 Å². The Morgan fingerprint density at radius 1 is 1.08 bits per heavy atom. The first-order valence-electron chi connectivity index (χ1n) is 12.5. The van der Waals surface area contributed by atoms with Crippen LogP contribution in [-0.4, -0.2) is 72.1 Å². The van der Waals surface area contributed by atoms with Crippen molar-refractivity contribution in [3.8, 4) is 17.3 Å². The zero-order valence-electron chi connectivity index (χ0n) is 21.9. The molecule has 0 bridgehead atoms. The first-order chi connectivity index (χ1) is 18.0. The normalized spacial score (nSPS) is 13.7. The van der Waals surface area contributed by atoms with Crippen molar-refractivity contribution in [3.63, 3.8) is 0 Å². The number of nitrogens with zero attached hydrogens (tertiary/aromatic N) is 6. The molecule has 0 atom stereocenters. The maximum Gasteiger partial charge on any atom is 0.229 e. The second-order valence-corrected chi connectivity index (χ2v) is 9.33. The molecule has 2 aromatic heterocycles. The van der Waals surface area contributed by atoms with Crippen LogP contribution < -0.4 is 25.4 Å². The number of aryl methyl sites for hydroxylation is 1. The van der Waals surface area contributed by atoms with Gasteiger partial charge in [-0.15, -0.1) is 0 Å². The average molecular weight is 503 g/mol. The van der Waals surface area contributed by atoms with Gasteiger partial charge in [0, 0.05) is 49.9 Å². The minimum atomic E-state index is 0.412. The number of hydrogen-bond acceptors (Lipinski definition) is 9. The van der Waals surface area contributed by atoms with E-state index in [4.69, 9.17) is 25.3 Å². The molecule has 5 rings (SSSR count). The van der Waals surface area contributed by atoms with Crippen LogP contribution in [0.15, 0.2) is 42.6 Å². The predicted octanol–water partition coefficient (Wildman–Crippen LogP) is 4.00. The molecule has 0 unspecified atom stereocenters. The number of nitrogens with two attached hydrogens (primary N) is 1. The van der Waals surface area contributed by atoms with Gasteiger partial charge in [0.2, 0.25) is 5.95 Å². The molecule has 0 radical (unpaired) electrons. The molecular weight excluding hydrogens is 468 g/mol. The van der Waals surface area contributed by atoms with E-state index < -0.39 is 0 Å². The summed E-state index contributed by atoms with van der Waals surface area (Å²) in [5.74, 6) is 2.46. The molecule has 0 amide bonds. The molecule has 1 fully saturated rings. The zero-order chi connectivity index (χ0) is 25.9. The summed E-state index contributed by atoms with van der Waals surface area (Å²) in [6.45, 7) is 6.24. The van der Waals surface area contributed by atoms with Gasteiger partial charge in [0.25, 0.3) is 0 Å². The molecule has 3 heterocycles. The van der Waals surface area contributed by atoms with Crippen molar-refractivity contribution in [3.05, 3.63) is 48.3 Å². The van der Waals surface area contributed by atoms with Crippen LogP contribution in [0.4, 0.5) is 23.0 Å². The monoisotopic (exact) mass is 502 g/mol. The van der Waals surface area contributed by atoms with Crippen molar-refractivity contribution < 1.29 is 9.47 Å². The number of aromatic nitrogens is 4. The van der Waals surface area contributed by atoms with Gasteiger partial charge in [-0.05, 0) is 51.1 Å². The Bertz CT molecular complexity index is 1400. The number of nitrogens with one attached hydrogen (secondary N) is 1. The quantitative estimate of drug-likeness (QED) is 0.328. The Morgan fingerprint density at radius 3 is 2.65 bits per heavy atom. The molecule has 37 heavy (non-hydrogen) atoms. The fourth-order valence-corrected chi connectivity index (χ4v) is 4.80. The number of fused-ring (bicyclic) bond motifs is 1. The summed E-state index contributed by atoms with van der Waals surface area (Å²) in [6, 6.07) is 11.5. The van der Waals surface area contributed by atoms with Crippen LogP contribution in [0.5, 0.6) is 11.5 Å². The van der Waals surface area contributed by atoms with E-state index in [0.717, 1.165) is 41.1 Å². The average Bonchev–Trinajstić information content (AvgIpc) is 3.55. The Morgan fingerprint density at radius 2 is 1.89 bits per heavy atom. The zero-order valence-corrected chi connectivity index (χ0v) is 21.9. The highest BCUT2D eigenvalue weighted by atomic mass is 16.5. The third kappa shape index (κ3) is 5.10. The highest BCUT2D eigenvalue weighted by molar-refractivity contribution is 5.84. The molecule has 3 N–H and O–H groups in total. The second kappa shape index (κ2) is 10.5. The first-order valence-corrected chi connectivity index (χ1v) is 12.5. The number of likely N-dealkylation sites (tertiary alicyclic amines) is 1. The molecule has 2 aromatic carbocycles. The maximum absolute atomic E-state index is 6.48. The fraction of sp³-hybridized carbons (Fsp3) is 0.370. The number of likely N-dealkylation sites (N-methyl/N-ethyl adjacent to an activating group) is 1. The number of benzene rings is 2. The molecule has 4 aromatic rings. The van der Waals surface area contributed by atoms with Gasteiger partial charge >= 0.3 is 0 Å². The molecule has 10 heteroatoms. The third-order valence-electron chi connectivity index (χ3n) is 6.89. The van der Waals surface area contributed by atoms with Gasteiger partial charge < -0.3 is 30.3 Å². The van der Waals surface area contributed by atoms with Gasteiger partial charge in [0.05, 0.1) is 42.5 Å². The van der Waals surface area contributed by atoms with Gasteiger partial charge in [0.1, 0.15) is 11.5 Å². The first kappa shape index (κ1) is 24.6. The van der Waals surface area contributed by atoms with Gasteiger partial charge in [-0.2, -0.15) is 10.1 Å². The third-order valence-corrected chi connectivity index (χ3v) is 6.89. The molecule has 1 aliphatic rings. The van der Waals surface area contributed by atoms with E-state index >= 15 is 0 Å². The van der Waals surface area contributed by atoms with Gasteiger partial charge in [0.15, 0.2) is 5.82 Å². The van der Waals surface area contributed by atoms with Crippen molar-refractivity contribution in [2.75, 3.05) is 63.4 Å². The highest BCUT2D eigenvalue weighted by Crippen LogP contribution is 2.36. The molecule has 0 saturated carbocycles. The summed E-state index contributed by atoms with van der Waals surface area (Å²) in [5, 5.41) is 9.01. The fourth-order valence-electron chi connectivity index (χ4n) is 4.80. The lowest BCUT2D eigenvalue weighted by Crippen LogP contribution is -2.31. The van der Waals surface area contributed by atoms with E-state index in [1.807, 2.05) is 43.3 Å². The van der Waals surface area contributed by atoms with Crippen LogP contribution in [0.25, 0.3) is 16.7 Å². The minimum Gasteiger partial charge on any atom is -0.497 e. The van der Waals surface area contributed by atoms with Gasteiger partial charge in [-0.25, -0.2) is 9.67 Å². The van der Waals surface area contributed by atoms with Crippen LogP contribution >= 0.6 is 0 Å². The molecule has 1 saturated heterocycles. The summed E-state index contributed by atoms with van der Waals surface area (Å²) in [6.07, 6.45) is 4.27. The minimum absolute atomic E-state index is 0.412. The van der Waals surface area contributed by atoms with E-state index in [1.54, 1.807) is 25.1 Å². The van der Waals surface area contributed by atoms with E-state index in [2.05, 4.69) is 27.1 Å². The van der Waals surface area contributed by atoms with E-state index in [1.165, 1.54) is 25.9 Å². The van der Waals surface area contributed by atoms with Crippen LogP contribution in [0.1, 0.15) is 18.5 Å². The molecule has 194 valence electrons. The molecule has 1 aliphatic heterocycles. The van der Waals surface area contributed by atoms with Crippen LogP contribution in [0, 0.1) is 6.92 Å². The standard InChI is InChI=1S/C27H34N8O2/c1-18-20-8-7-19(36-3)15-23(20)35(32-18)26-9-10-29-27(31-26)30-22-16-21(28)24(17-25(22)37-4)33(2)13-14-34-11-5-6-12-34/h7-10,15-17H,5-6,11-14,28H2,1-4H3,(H,29,30,31). The van der Waals surface area contributed by atoms with E-state index in [-0.39, 0.29) is 0 Å². The summed E-state index contributed by atoms with van der Waals surface area (Å²) >= 11 is 0. The molecule has 0 aliphatic carbocycles. The summed E-state index contributed by atoms with van der Waals surface area (Å²) < 4.78 is 12.9. The SMILES string of the molecule is COc1ccc2c(C)nn(-c3ccnc(Nc4cc(N)c(N(C)CCN5CCCC5)cc4OC)n3)c2c1. The van der Waals surface area contributed by atoms with Gasteiger partial charge in [-0.1, -0.05) is 0 Å². The topological polar surface area (TPSA) is 107 Å². The summed E-state index contributed by atoms with van der Waals surface area (Å²) in [4.78, 5) is 13.8. The smallest absolute Gasteiger partial charge is 0.229 e. The van der Waals surface area contributed by atoms with Crippen molar-refractivity contribution in [1.29, 1.82) is 0 Å². The maximum atomic E-state index is 6.48. The number of methoxy groups -OCH3 is 2. The van der Waals surface area contributed by atoms with Crippen molar-refractivity contribution in [1.82, 2.24) is 24.6 Å². The van der Waals surface area contributed by atoms with E-state index in [9.17, 15) is 0 Å². The number of ether oxygens (including phenoxy) is 2. The Labute approximate surface area is 217 Å². The highest BCUT2D eigenvalue weighted by Gasteiger charge is 2.17. The molecule has 10 nitrogen and oxygen atoms in total. The van der Waals surface area contributed by atoms with Crippen LogP contribution in [-0.2, 0) is 0 Å². The summed E-state index contributed by atoms with van der Waals surface area (Å²) in [7, 11) is 5.36. The Kier molecular flexibility index (Phi) is 7.00. The predicted molar refractivity (Wildman–Crippen MR) is 148 cm³/mol. The number of rotatable bonds is 9. The molecular formula is C27H34N8O2. The van der Waals surface area contributed by atoms with Gasteiger partial charge in [-0.3, -0.25) is 0 Å².